The highest BCUT2D eigenvalue weighted by molar-refractivity contribution is 9.10. The summed E-state index contributed by atoms with van der Waals surface area (Å²) in [6.07, 6.45) is 0. The van der Waals surface area contributed by atoms with Gasteiger partial charge < -0.3 is 9.64 Å². The Labute approximate surface area is 180 Å². The lowest BCUT2D eigenvalue weighted by atomic mass is 10.1. The van der Waals surface area contributed by atoms with E-state index in [9.17, 15) is 9.59 Å². The first-order valence-corrected chi connectivity index (χ1v) is 10.7. The largest absolute Gasteiger partial charge is 0.482 e. The Morgan fingerprint density at radius 1 is 1.28 bits per heavy atom. The first-order valence-electron chi connectivity index (χ1n) is 9.08. The number of hydrogen-bond acceptors (Lipinski definition) is 5. The Morgan fingerprint density at radius 2 is 2.03 bits per heavy atom. The molecule has 4 rings (SSSR count). The van der Waals surface area contributed by atoms with Crippen molar-refractivity contribution in [1.82, 2.24) is 4.98 Å². The second-order valence-corrected chi connectivity index (χ2v) is 8.61. The van der Waals surface area contributed by atoms with Crippen LogP contribution >= 0.6 is 27.3 Å². The molecule has 148 valence electrons. The summed E-state index contributed by atoms with van der Waals surface area (Å²) < 4.78 is 6.45. The second-order valence-electron chi connectivity index (χ2n) is 6.49. The van der Waals surface area contributed by atoms with E-state index in [0.717, 1.165) is 26.3 Å². The maximum absolute atomic E-state index is 12.5. The first-order chi connectivity index (χ1) is 14.0. The molecular weight excluding hydrogens is 454 g/mol. The standard InChI is InChI=1S/C21H18BrN3O3S/c1-3-25-16-10-14(6-9-17(16)28-11-18(25)26)19-12(2)29-21(23-19)24-20(27)13-4-7-15(22)8-5-13/h4-10H,3,11H2,1-2H3,(H,23,24,27). The zero-order valence-electron chi connectivity index (χ0n) is 15.9. The van der Waals surface area contributed by atoms with Gasteiger partial charge in [0.2, 0.25) is 0 Å². The summed E-state index contributed by atoms with van der Waals surface area (Å²) in [5.41, 5.74) is 2.95. The van der Waals surface area contributed by atoms with E-state index in [0.29, 0.717) is 23.0 Å². The van der Waals surface area contributed by atoms with Crippen LogP contribution in [0.5, 0.6) is 5.75 Å². The second kappa shape index (κ2) is 7.96. The average molecular weight is 472 g/mol. The lowest BCUT2D eigenvalue weighted by molar-refractivity contribution is -0.121. The van der Waals surface area contributed by atoms with E-state index in [1.54, 1.807) is 17.0 Å². The van der Waals surface area contributed by atoms with Gasteiger partial charge in [0, 0.05) is 27.0 Å². The number of nitrogens with zero attached hydrogens (tertiary/aromatic N) is 2. The van der Waals surface area contributed by atoms with Gasteiger partial charge in [-0.1, -0.05) is 15.9 Å². The van der Waals surface area contributed by atoms with Crippen molar-refractivity contribution < 1.29 is 14.3 Å². The zero-order valence-corrected chi connectivity index (χ0v) is 18.3. The molecule has 0 bridgehead atoms. The van der Waals surface area contributed by atoms with Crippen molar-refractivity contribution in [3.8, 4) is 17.0 Å². The number of anilines is 2. The van der Waals surface area contributed by atoms with Gasteiger partial charge in [0.25, 0.3) is 11.8 Å². The van der Waals surface area contributed by atoms with Gasteiger partial charge >= 0.3 is 0 Å². The van der Waals surface area contributed by atoms with E-state index >= 15 is 0 Å². The van der Waals surface area contributed by atoms with Crippen LogP contribution in [0.4, 0.5) is 10.8 Å². The highest BCUT2D eigenvalue weighted by atomic mass is 79.9. The number of rotatable bonds is 4. The molecular formula is C21H18BrN3O3S. The maximum Gasteiger partial charge on any atom is 0.265 e. The molecule has 0 saturated heterocycles. The van der Waals surface area contributed by atoms with E-state index in [4.69, 9.17) is 4.74 Å². The summed E-state index contributed by atoms with van der Waals surface area (Å²) in [5, 5.41) is 3.39. The number of amides is 2. The number of hydrogen-bond donors (Lipinski definition) is 1. The van der Waals surface area contributed by atoms with E-state index in [1.165, 1.54) is 11.3 Å². The number of aromatic nitrogens is 1. The molecule has 0 atom stereocenters. The molecule has 1 aliphatic rings. The number of nitrogens with one attached hydrogen (secondary N) is 1. The minimum absolute atomic E-state index is 0.0577. The predicted molar refractivity (Wildman–Crippen MR) is 118 cm³/mol. The third-order valence-corrected chi connectivity index (χ3v) is 6.03. The summed E-state index contributed by atoms with van der Waals surface area (Å²) in [4.78, 5) is 31.9. The molecule has 1 N–H and O–H groups in total. The van der Waals surface area contributed by atoms with Gasteiger partial charge in [0.1, 0.15) is 5.75 Å². The van der Waals surface area contributed by atoms with Crippen molar-refractivity contribution in [2.45, 2.75) is 13.8 Å². The molecule has 0 spiro atoms. The van der Waals surface area contributed by atoms with Gasteiger partial charge in [-0.05, 0) is 56.3 Å². The fourth-order valence-electron chi connectivity index (χ4n) is 3.18. The number of thiazole rings is 1. The molecule has 0 radical (unpaired) electrons. The maximum atomic E-state index is 12.5. The Hall–Kier alpha value is -2.71. The van der Waals surface area contributed by atoms with Crippen LogP contribution in [0.1, 0.15) is 22.2 Å². The van der Waals surface area contributed by atoms with Crippen LogP contribution in [-0.2, 0) is 4.79 Å². The quantitative estimate of drug-likeness (QED) is 0.588. The minimum Gasteiger partial charge on any atom is -0.482 e. The molecule has 0 saturated carbocycles. The average Bonchev–Trinajstić information content (AvgIpc) is 3.08. The van der Waals surface area contributed by atoms with Gasteiger partial charge in [-0.2, -0.15) is 0 Å². The number of halogens is 1. The van der Waals surface area contributed by atoms with Crippen molar-refractivity contribution in [1.29, 1.82) is 0 Å². The molecule has 0 unspecified atom stereocenters. The fourth-order valence-corrected chi connectivity index (χ4v) is 4.28. The summed E-state index contributed by atoms with van der Waals surface area (Å²) in [6.45, 7) is 4.52. The first kappa shape index (κ1) is 19.6. The molecule has 2 amide bonds. The number of carbonyl (C=O) groups excluding carboxylic acids is 2. The number of benzene rings is 2. The summed E-state index contributed by atoms with van der Waals surface area (Å²) >= 11 is 4.78. The van der Waals surface area contributed by atoms with E-state index < -0.39 is 0 Å². The summed E-state index contributed by atoms with van der Waals surface area (Å²) in [7, 11) is 0. The van der Waals surface area contributed by atoms with Gasteiger partial charge in [-0.3, -0.25) is 14.9 Å². The third kappa shape index (κ3) is 3.90. The monoisotopic (exact) mass is 471 g/mol. The molecule has 6 nitrogen and oxygen atoms in total. The van der Waals surface area contributed by atoms with Gasteiger partial charge in [-0.15, -0.1) is 11.3 Å². The molecule has 1 aromatic heterocycles. The molecule has 0 fully saturated rings. The zero-order chi connectivity index (χ0) is 20.5. The molecule has 8 heteroatoms. The Kier molecular flexibility index (Phi) is 5.38. The lowest BCUT2D eigenvalue weighted by Gasteiger charge is -2.28. The fraction of sp³-hybridized carbons (Fsp3) is 0.190. The SMILES string of the molecule is CCN1C(=O)COc2ccc(-c3nc(NC(=O)c4ccc(Br)cc4)sc3C)cc21. The number of fused-ring (bicyclic) bond motifs is 1. The Morgan fingerprint density at radius 3 is 2.76 bits per heavy atom. The molecule has 2 heterocycles. The van der Waals surface area contributed by atoms with Gasteiger partial charge in [-0.25, -0.2) is 4.98 Å². The minimum atomic E-state index is -0.209. The van der Waals surface area contributed by atoms with Crippen LogP contribution in [0.2, 0.25) is 0 Å². The molecule has 3 aromatic rings. The van der Waals surface area contributed by atoms with E-state index in [1.807, 2.05) is 44.2 Å². The van der Waals surface area contributed by atoms with Crippen molar-refractivity contribution >= 4 is 49.9 Å². The van der Waals surface area contributed by atoms with Crippen molar-refractivity contribution in [3.63, 3.8) is 0 Å². The summed E-state index contributed by atoms with van der Waals surface area (Å²) in [5.74, 6) is 0.417. The van der Waals surface area contributed by atoms with Crippen molar-refractivity contribution in [3.05, 3.63) is 57.4 Å². The Bertz CT molecular complexity index is 1100. The van der Waals surface area contributed by atoms with Gasteiger partial charge in [0.05, 0.1) is 11.4 Å². The van der Waals surface area contributed by atoms with Crippen LogP contribution in [-0.4, -0.2) is 29.9 Å². The topological polar surface area (TPSA) is 71.5 Å². The molecule has 29 heavy (non-hydrogen) atoms. The third-order valence-electron chi connectivity index (χ3n) is 4.62. The Balaban J connectivity index is 1.61. The highest BCUT2D eigenvalue weighted by Crippen LogP contribution is 2.38. The van der Waals surface area contributed by atoms with E-state index in [2.05, 4.69) is 26.2 Å². The normalized spacial score (nSPS) is 13.1. The van der Waals surface area contributed by atoms with Crippen molar-refractivity contribution in [2.24, 2.45) is 0 Å². The van der Waals surface area contributed by atoms with Crippen LogP contribution in [0.25, 0.3) is 11.3 Å². The molecule has 0 aliphatic carbocycles. The van der Waals surface area contributed by atoms with Gasteiger partial charge in [0.15, 0.2) is 11.7 Å². The number of aryl methyl sites for hydroxylation is 1. The number of ether oxygens (including phenoxy) is 1. The van der Waals surface area contributed by atoms with Crippen molar-refractivity contribution in [2.75, 3.05) is 23.4 Å². The van der Waals surface area contributed by atoms with Crippen LogP contribution in [0.3, 0.4) is 0 Å². The van der Waals surface area contributed by atoms with Crippen LogP contribution in [0, 0.1) is 6.92 Å². The number of likely N-dealkylation sites (N-methyl/N-ethyl adjacent to an activating group) is 1. The smallest absolute Gasteiger partial charge is 0.265 e. The molecule has 2 aromatic carbocycles. The van der Waals surface area contributed by atoms with Crippen LogP contribution < -0.4 is 15.0 Å². The number of carbonyl (C=O) groups is 2. The lowest BCUT2D eigenvalue weighted by Crippen LogP contribution is -2.38. The predicted octanol–water partition coefficient (Wildman–Crippen LogP) is 4.88. The molecule has 1 aliphatic heterocycles. The van der Waals surface area contributed by atoms with E-state index in [-0.39, 0.29) is 18.4 Å². The van der Waals surface area contributed by atoms with Crippen LogP contribution in [0.15, 0.2) is 46.9 Å². The summed E-state index contributed by atoms with van der Waals surface area (Å²) in [6, 6.07) is 12.8. The highest BCUT2D eigenvalue weighted by Gasteiger charge is 2.25.